The molecule has 2 aromatic carbocycles. The summed E-state index contributed by atoms with van der Waals surface area (Å²) in [6, 6.07) is 20.8. The van der Waals surface area contributed by atoms with Gasteiger partial charge in [-0.05, 0) is 11.1 Å². The molecule has 0 atom stereocenters. The van der Waals surface area contributed by atoms with E-state index in [1.165, 1.54) is 11.1 Å². The number of hydrogen-bond donors (Lipinski definition) is 1. The highest BCUT2D eigenvalue weighted by atomic mass is 17.1. The Bertz CT molecular complexity index is 408. The maximum absolute atomic E-state index is 9.71. The molecule has 0 fully saturated rings. The molecular weight excluding hydrogens is 228 g/mol. The van der Waals surface area contributed by atoms with Crippen LogP contribution < -0.4 is 0 Å². The molecule has 3 nitrogen and oxygen atoms in total. The minimum atomic E-state index is -0.602. The Morgan fingerprint density at radius 3 is 1.56 bits per heavy atom. The van der Waals surface area contributed by atoms with Crippen LogP contribution in [0.2, 0.25) is 0 Å². The molecule has 1 N–H and O–H groups in total. The summed E-state index contributed by atoms with van der Waals surface area (Å²) in [5.41, 5.74) is 2.55. The van der Waals surface area contributed by atoms with E-state index in [2.05, 4.69) is 53.4 Å². The van der Waals surface area contributed by atoms with E-state index in [0.29, 0.717) is 0 Å². The summed E-state index contributed by atoms with van der Waals surface area (Å²) in [4.78, 5) is 13.0. The second-order valence-electron chi connectivity index (χ2n) is 3.55. The Morgan fingerprint density at radius 2 is 1.33 bits per heavy atom. The monoisotopic (exact) mass is 244 g/mol. The van der Waals surface area contributed by atoms with Crippen molar-refractivity contribution in [2.75, 3.05) is 0 Å². The molecule has 0 aliphatic rings. The van der Waals surface area contributed by atoms with E-state index >= 15 is 0 Å². The van der Waals surface area contributed by atoms with E-state index in [1.807, 2.05) is 12.1 Å². The summed E-state index contributed by atoms with van der Waals surface area (Å²) >= 11 is 0. The van der Waals surface area contributed by atoms with Crippen LogP contribution in [0.3, 0.4) is 0 Å². The van der Waals surface area contributed by atoms with Gasteiger partial charge in [-0.2, -0.15) is 5.26 Å². The van der Waals surface area contributed by atoms with E-state index in [9.17, 15) is 4.79 Å². The zero-order valence-electron chi connectivity index (χ0n) is 10.2. The van der Waals surface area contributed by atoms with Crippen LogP contribution in [-0.2, 0) is 9.68 Å². The minimum Gasteiger partial charge on any atom is -0.301 e. The van der Waals surface area contributed by atoms with Gasteiger partial charge in [-0.25, -0.2) is 4.79 Å². The van der Waals surface area contributed by atoms with Crippen LogP contribution in [0.4, 0.5) is 0 Å². The first-order valence-corrected chi connectivity index (χ1v) is 5.72. The first-order valence-electron chi connectivity index (χ1n) is 5.72. The third kappa shape index (κ3) is 4.80. The maximum Gasteiger partial charge on any atom is 0.341 e. The highest BCUT2D eigenvalue weighted by Crippen LogP contribution is 2.17. The van der Waals surface area contributed by atoms with Crippen LogP contribution in [0, 0.1) is 0 Å². The molecule has 0 saturated heterocycles. The van der Waals surface area contributed by atoms with Gasteiger partial charge in [-0.3, -0.25) is 0 Å². The highest BCUT2D eigenvalue weighted by molar-refractivity contribution is 5.67. The molecule has 0 radical (unpaired) electrons. The number of hydrogen-bond acceptors (Lipinski definition) is 3. The highest BCUT2D eigenvalue weighted by Gasteiger charge is 1.92. The van der Waals surface area contributed by atoms with Crippen LogP contribution in [0.25, 0.3) is 11.1 Å². The lowest BCUT2D eigenvalue weighted by Gasteiger charge is -1.98. The number of rotatable bonds is 2. The Balaban J connectivity index is 0.000000232. The zero-order valence-corrected chi connectivity index (χ0v) is 10.2. The van der Waals surface area contributed by atoms with E-state index in [4.69, 9.17) is 5.26 Å². The van der Waals surface area contributed by atoms with Crippen molar-refractivity contribution >= 4 is 5.97 Å². The molecule has 2 aromatic rings. The van der Waals surface area contributed by atoms with E-state index in [0.717, 1.165) is 0 Å². The van der Waals surface area contributed by atoms with Gasteiger partial charge in [0.05, 0.1) is 0 Å². The molecule has 18 heavy (non-hydrogen) atoms. The van der Waals surface area contributed by atoms with Gasteiger partial charge in [-0.15, -0.1) is 0 Å². The molecule has 0 amide bonds. The number of carbonyl (C=O) groups excluding carboxylic acids is 1. The summed E-state index contributed by atoms with van der Waals surface area (Å²) in [6.07, 6.45) is 0.219. The van der Waals surface area contributed by atoms with Crippen molar-refractivity contribution < 1.29 is 14.9 Å². The molecule has 94 valence electrons. The topological polar surface area (TPSA) is 46.5 Å². The summed E-state index contributed by atoms with van der Waals surface area (Å²) in [7, 11) is 0. The molecule has 0 bridgehead atoms. The lowest BCUT2D eigenvalue weighted by Crippen LogP contribution is -1.95. The molecule has 0 spiro atoms. The van der Waals surface area contributed by atoms with Gasteiger partial charge in [0.1, 0.15) is 0 Å². The molecule has 0 aliphatic heterocycles. The van der Waals surface area contributed by atoms with Gasteiger partial charge in [0.15, 0.2) is 0 Å². The van der Waals surface area contributed by atoms with Crippen LogP contribution in [0.1, 0.15) is 13.3 Å². The molecule has 3 heteroatoms. The van der Waals surface area contributed by atoms with Crippen molar-refractivity contribution in [2.24, 2.45) is 0 Å². The van der Waals surface area contributed by atoms with Crippen molar-refractivity contribution in [1.29, 1.82) is 0 Å². The second-order valence-corrected chi connectivity index (χ2v) is 3.55. The Morgan fingerprint density at radius 1 is 0.944 bits per heavy atom. The Labute approximate surface area is 107 Å². The standard InChI is InChI=1S/C12H10.C3H6O3/c1-3-7-11(8-4-1)12-9-5-2-6-10-12;1-2-3(4)6-5/h1-10H;5H,2H2,1H3. The summed E-state index contributed by atoms with van der Waals surface area (Å²) in [5, 5.41) is 7.49. The second kappa shape index (κ2) is 8.03. The van der Waals surface area contributed by atoms with Gasteiger partial charge < -0.3 is 4.89 Å². The van der Waals surface area contributed by atoms with Crippen LogP contribution in [0.5, 0.6) is 0 Å². The molecular formula is C15H16O3. The van der Waals surface area contributed by atoms with Gasteiger partial charge in [0.25, 0.3) is 0 Å². The molecule has 0 unspecified atom stereocenters. The fourth-order valence-electron chi connectivity index (χ4n) is 1.33. The predicted octanol–water partition coefficient (Wildman–Crippen LogP) is 3.77. The average molecular weight is 244 g/mol. The fraction of sp³-hybridized carbons (Fsp3) is 0.133. The fourth-order valence-corrected chi connectivity index (χ4v) is 1.33. The SMILES string of the molecule is CCC(=O)OO.c1ccc(-c2ccccc2)cc1. The summed E-state index contributed by atoms with van der Waals surface area (Å²) in [5.74, 6) is -0.602. The molecule has 0 saturated carbocycles. The lowest BCUT2D eigenvalue weighted by molar-refractivity contribution is -0.233. The maximum atomic E-state index is 9.71. The summed E-state index contributed by atoms with van der Waals surface area (Å²) < 4.78 is 0. The summed E-state index contributed by atoms with van der Waals surface area (Å²) in [6.45, 7) is 1.60. The van der Waals surface area contributed by atoms with Crippen molar-refractivity contribution in [3.8, 4) is 11.1 Å². The lowest BCUT2D eigenvalue weighted by atomic mass is 10.1. The first kappa shape index (κ1) is 13.9. The van der Waals surface area contributed by atoms with E-state index in [-0.39, 0.29) is 6.42 Å². The van der Waals surface area contributed by atoms with Crippen LogP contribution >= 0.6 is 0 Å². The first-order chi connectivity index (χ1) is 8.77. The van der Waals surface area contributed by atoms with Gasteiger partial charge in [0, 0.05) is 6.42 Å². The predicted molar refractivity (Wildman–Crippen MR) is 70.9 cm³/mol. The Hall–Kier alpha value is -2.13. The quantitative estimate of drug-likeness (QED) is 0.646. The van der Waals surface area contributed by atoms with Crippen LogP contribution in [-0.4, -0.2) is 11.2 Å². The normalized spacial score (nSPS) is 9.00. The van der Waals surface area contributed by atoms with Crippen molar-refractivity contribution in [2.45, 2.75) is 13.3 Å². The zero-order chi connectivity index (χ0) is 13.2. The number of benzene rings is 2. The van der Waals surface area contributed by atoms with Crippen LogP contribution in [0.15, 0.2) is 60.7 Å². The number of carbonyl (C=O) groups is 1. The van der Waals surface area contributed by atoms with Crippen molar-refractivity contribution in [1.82, 2.24) is 0 Å². The van der Waals surface area contributed by atoms with Gasteiger partial charge in [-0.1, -0.05) is 67.6 Å². The average Bonchev–Trinajstić information content (AvgIpc) is 2.49. The Kier molecular flexibility index (Phi) is 6.22. The van der Waals surface area contributed by atoms with E-state index < -0.39 is 5.97 Å². The molecule has 0 heterocycles. The smallest absolute Gasteiger partial charge is 0.301 e. The third-order valence-electron chi connectivity index (χ3n) is 2.27. The minimum absolute atomic E-state index is 0.219. The van der Waals surface area contributed by atoms with Gasteiger partial charge >= 0.3 is 5.97 Å². The van der Waals surface area contributed by atoms with E-state index in [1.54, 1.807) is 6.92 Å². The van der Waals surface area contributed by atoms with Crippen molar-refractivity contribution in [3.05, 3.63) is 60.7 Å². The largest absolute Gasteiger partial charge is 0.341 e. The van der Waals surface area contributed by atoms with Gasteiger partial charge in [0.2, 0.25) is 0 Å². The molecule has 0 aromatic heterocycles. The molecule has 0 aliphatic carbocycles. The third-order valence-corrected chi connectivity index (χ3v) is 2.27. The van der Waals surface area contributed by atoms with Crippen molar-refractivity contribution in [3.63, 3.8) is 0 Å². The molecule has 2 rings (SSSR count).